The predicted molar refractivity (Wildman–Crippen MR) is 350 cm³/mol. The molecule has 3 amide bonds. The van der Waals surface area contributed by atoms with E-state index in [2.05, 4.69) is 64.5 Å². The summed E-state index contributed by atoms with van der Waals surface area (Å²) in [5, 5.41) is 18.3. The number of carboxylic acids is 1. The second-order valence-electron chi connectivity index (χ2n) is 25.2. The largest absolute Gasteiger partial charge is 0.480 e. The van der Waals surface area contributed by atoms with E-state index in [4.69, 9.17) is 23.7 Å². The second kappa shape index (κ2) is 35.0. The smallest absolute Gasteiger partial charge is 0.407 e. The Morgan fingerprint density at radius 3 is 1.34 bits per heavy atom. The standard InChI is InChI=1S/C38H46N2O7.C36H44N2O6/c1-38(2,3)47-37(45)39-22-12-11-15-28(24-40(25-35(42)43)34(41)21-20-27-13-5-4-6-14-27)23-36(44)46-26-33-31-18-9-7-16-29(31)30-17-8-10-19-32(30)33;1-36(2,3)44-35(41)38-20-12-11-15-27(22-37-23-34(40)42-24-26-13-5-4-6-14-26)21-33(39)43-25-32-30-18-9-7-16-28(30)29-17-8-10-19-31(29)32/h4-10,13-14,16-19,28,33H,11-12,15,20-26H2,1-3H3,(H,39,45)(H,42,43);4-10,13-14,16-19,27,32,37H,11-12,15,20-25H2,1-3H3,(H,38,41)/t28-;27-/m11/s1. The number of aliphatic carboxylic acids is 1. The summed E-state index contributed by atoms with van der Waals surface area (Å²) in [4.78, 5) is 89.0. The van der Waals surface area contributed by atoms with Crippen molar-refractivity contribution in [2.24, 2.45) is 11.8 Å². The van der Waals surface area contributed by atoms with Crippen molar-refractivity contribution in [1.82, 2.24) is 20.9 Å². The molecule has 0 unspecified atom stereocenters. The Morgan fingerprint density at radius 2 is 0.901 bits per heavy atom. The molecule has 0 radical (unpaired) electrons. The molecule has 4 N–H and O–H groups in total. The second-order valence-corrected chi connectivity index (χ2v) is 25.2. The summed E-state index contributed by atoms with van der Waals surface area (Å²) in [5.74, 6) is -2.85. The van der Waals surface area contributed by atoms with Crippen LogP contribution in [0.5, 0.6) is 0 Å². The number of esters is 3. The summed E-state index contributed by atoms with van der Waals surface area (Å²) in [5.41, 5.74) is 10.00. The Labute approximate surface area is 535 Å². The van der Waals surface area contributed by atoms with E-state index >= 15 is 0 Å². The summed E-state index contributed by atoms with van der Waals surface area (Å²) in [6, 6.07) is 51.9. The van der Waals surface area contributed by atoms with Gasteiger partial charge in [0.1, 0.15) is 37.6 Å². The fourth-order valence-electron chi connectivity index (χ4n) is 11.4. The van der Waals surface area contributed by atoms with Gasteiger partial charge in [-0.05, 0) is 148 Å². The molecule has 0 fully saturated rings. The fraction of sp³-hybridized carbons (Fsp3) is 0.419. The van der Waals surface area contributed by atoms with E-state index in [0.29, 0.717) is 45.3 Å². The number of aryl methyl sites for hydroxylation is 1. The maximum Gasteiger partial charge on any atom is 0.407 e. The van der Waals surface area contributed by atoms with Crippen LogP contribution in [0.25, 0.3) is 22.3 Å². The topological polar surface area (TPSA) is 225 Å². The number of carboxylic acid groups (broad SMARTS) is 1. The minimum atomic E-state index is -1.11. The maximum absolute atomic E-state index is 13.3. The lowest BCUT2D eigenvalue weighted by atomic mass is 9.96. The van der Waals surface area contributed by atoms with E-state index in [1.54, 1.807) is 20.8 Å². The molecular weight excluding hydrogens is 1150 g/mol. The van der Waals surface area contributed by atoms with Gasteiger partial charge in [0.2, 0.25) is 5.91 Å². The first kappa shape index (κ1) is 69.6. The third kappa shape index (κ3) is 23.5. The zero-order chi connectivity index (χ0) is 65.2. The number of rotatable bonds is 31. The van der Waals surface area contributed by atoms with Gasteiger partial charge in [-0.25, -0.2) is 9.59 Å². The predicted octanol–water partition coefficient (Wildman–Crippen LogP) is 13.0. The third-order valence-electron chi connectivity index (χ3n) is 15.6. The average molecular weight is 1240 g/mol. The Balaban J connectivity index is 0.000000259. The van der Waals surface area contributed by atoms with E-state index < -0.39 is 41.9 Å². The fourth-order valence-corrected chi connectivity index (χ4v) is 11.4. The van der Waals surface area contributed by atoms with Crippen LogP contribution >= 0.6 is 0 Å². The molecule has 2 aliphatic rings. The lowest BCUT2D eigenvalue weighted by Gasteiger charge is -2.26. The molecule has 484 valence electrons. The van der Waals surface area contributed by atoms with Gasteiger partial charge >= 0.3 is 36.1 Å². The number of ether oxygens (including phenoxy) is 5. The number of amides is 3. The molecular formula is C74H90N4O13. The molecule has 6 aromatic rings. The van der Waals surface area contributed by atoms with Crippen molar-refractivity contribution < 1.29 is 62.4 Å². The number of alkyl carbamates (subject to hydrolysis) is 2. The summed E-state index contributed by atoms with van der Waals surface area (Å²) in [7, 11) is 0. The van der Waals surface area contributed by atoms with Gasteiger partial charge in [-0.3, -0.25) is 24.0 Å². The van der Waals surface area contributed by atoms with Crippen LogP contribution in [-0.2, 0) is 60.7 Å². The molecule has 0 spiro atoms. The Kier molecular flexibility index (Phi) is 26.7. The Morgan fingerprint density at radius 1 is 0.495 bits per heavy atom. The van der Waals surface area contributed by atoms with Crippen molar-refractivity contribution in [1.29, 1.82) is 0 Å². The molecule has 17 nitrogen and oxygen atoms in total. The van der Waals surface area contributed by atoms with Gasteiger partial charge in [0.05, 0.1) is 13.0 Å². The Bertz CT molecular complexity index is 3250. The van der Waals surface area contributed by atoms with Gasteiger partial charge in [-0.1, -0.05) is 171 Å². The van der Waals surface area contributed by atoms with Crippen molar-refractivity contribution in [3.8, 4) is 22.3 Å². The monoisotopic (exact) mass is 1240 g/mol. The number of benzene rings is 6. The summed E-state index contributed by atoms with van der Waals surface area (Å²) in [6.45, 7) is 12.6. The number of nitrogens with one attached hydrogen (secondary N) is 3. The third-order valence-corrected chi connectivity index (χ3v) is 15.6. The molecule has 2 aliphatic carbocycles. The summed E-state index contributed by atoms with van der Waals surface area (Å²) >= 11 is 0. The van der Waals surface area contributed by atoms with Crippen molar-refractivity contribution in [3.63, 3.8) is 0 Å². The normalized spacial score (nSPS) is 12.9. The summed E-state index contributed by atoms with van der Waals surface area (Å²) in [6.07, 6.45) is 4.05. The van der Waals surface area contributed by atoms with Crippen molar-refractivity contribution in [2.75, 3.05) is 52.5 Å². The van der Waals surface area contributed by atoms with Crippen LogP contribution in [0.1, 0.15) is 145 Å². The lowest BCUT2D eigenvalue weighted by Crippen LogP contribution is -2.40. The average Bonchev–Trinajstić information content (AvgIpc) is 1.68. The molecule has 91 heavy (non-hydrogen) atoms. The molecule has 17 heteroatoms. The number of carbonyl (C=O) groups is 7. The number of hydrogen-bond acceptors (Lipinski definition) is 13. The lowest BCUT2D eigenvalue weighted by molar-refractivity contribution is -0.147. The van der Waals surface area contributed by atoms with Crippen molar-refractivity contribution >= 4 is 42.0 Å². The summed E-state index contributed by atoms with van der Waals surface area (Å²) < 4.78 is 27.7. The highest BCUT2D eigenvalue weighted by atomic mass is 16.6. The van der Waals surface area contributed by atoms with Gasteiger partial charge in [0.15, 0.2) is 0 Å². The van der Waals surface area contributed by atoms with E-state index in [-0.39, 0.29) is 93.7 Å². The van der Waals surface area contributed by atoms with Gasteiger partial charge in [-0.15, -0.1) is 0 Å². The van der Waals surface area contributed by atoms with Gasteiger partial charge in [0.25, 0.3) is 0 Å². The van der Waals surface area contributed by atoms with Gasteiger partial charge < -0.3 is 49.6 Å². The van der Waals surface area contributed by atoms with Gasteiger partial charge in [-0.2, -0.15) is 0 Å². The van der Waals surface area contributed by atoms with E-state index in [0.717, 1.165) is 52.6 Å². The molecule has 6 aromatic carbocycles. The number of carbonyl (C=O) groups excluding carboxylic acids is 6. The first-order valence-electron chi connectivity index (χ1n) is 31.7. The van der Waals surface area contributed by atoms with Crippen molar-refractivity contribution in [2.45, 2.75) is 135 Å². The molecule has 0 aromatic heterocycles. The molecule has 0 aliphatic heterocycles. The highest BCUT2D eigenvalue weighted by Gasteiger charge is 2.32. The van der Waals surface area contributed by atoms with E-state index in [9.17, 15) is 38.7 Å². The van der Waals surface area contributed by atoms with Crippen molar-refractivity contribution in [3.05, 3.63) is 191 Å². The van der Waals surface area contributed by atoms with Gasteiger partial charge in [0, 0.05) is 44.3 Å². The first-order valence-corrected chi connectivity index (χ1v) is 31.7. The number of hydrogen-bond donors (Lipinski definition) is 4. The minimum Gasteiger partial charge on any atom is -0.480 e. The number of fused-ring (bicyclic) bond motifs is 6. The highest BCUT2D eigenvalue weighted by Crippen LogP contribution is 2.46. The van der Waals surface area contributed by atoms with Crippen LogP contribution in [-0.4, -0.2) is 116 Å². The molecule has 0 bridgehead atoms. The quantitative estimate of drug-likeness (QED) is 0.0181. The molecule has 0 saturated carbocycles. The van der Waals surface area contributed by atoms with Crippen LogP contribution in [0, 0.1) is 11.8 Å². The zero-order valence-electron chi connectivity index (χ0n) is 53.5. The minimum absolute atomic E-state index is 0.00115. The Hall–Kier alpha value is -8.83. The zero-order valence-corrected chi connectivity index (χ0v) is 53.5. The van der Waals surface area contributed by atoms with Crippen LogP contribution in [0.4, 0.5) is 9.59 Å². The number of unbranched alkanes of at least 4 members (excludes halogenated alkanes) is 2. The first-order chi connectivity index (χ1) is 43.7. The SMILES string of the molecule is CC(C)(C)OC(=O)NCCCC[C@@H](CNCC(=O)OCc1ccccc1)CC(=O)OCC1c2ccccc2-c2ccccc21.CC(C)(C)OC(=O)NCCCC[C@H](CC(=O)OCC1c2ccccc2-c2ccccc21)CN(CC(=O)O)C(=O)CCc1ccccc1. The van der Waals surface area contributed by atoms with Crippen LogP contribution < -0.4 is 16.0 Å². The van der Waals surface area contributed by atoms with E-state index in [1.807, 2.05) is 130 Å². The van der Waals surface area contributed by atoms with Crippen LogP contribution in [0.3, 0.4) is 0 Å². The maximum atomic E-state index is 13.3. The highest BCUT2D eigenvalue weighted by molar-refractivity contribution is 5.82. The van der Waals surface area contributed by atoms with Crippen LogP contribution in [0.15, 0.2) is 158 Å². The molecule has 0 heterocycles. The van der Waals surface area contributed by atoms with E-state index in [1.165, 1.54) is 27.2 Å². The molecule has 8 rings (SSSR count). The van der Waals surface area contributed by atoms with Crippen LogP contribution in [0.2, 0.25) is 0 Å². The molecule has 0 saturated heterocycles. The number of nitrogens with zero attached hydrogens (tertiary/aromatic N) is 1. The molecule has 2 atom stereocenters.